The Kier molecular flexibility index (Phi) is 6.95. The van der Waals surface area contributed by atoms with Gasteiger partial charge >= 0.3 is 0 Å². The Morgan fingerprint density at radius 3 is 2.34 bits per heavy atom. The van der Waals surface area contributed by atoms with Crippen LogP contribution in [0.2, 0.25) is 0 Å². The largest absolute Gasteiger partial charge is 0.497 e. The molecular formula is C25H31N3O4. The molecule has 2 fully saturated rings. The second kappa shape index (κ2) is 10.0. The Morgan fingerprint density at radius 1 is 0.938 bits per heavy atom. The zero-order valence-electron chi connectivity index (χ0n) is 18.8. The summed E-state index contributed by atoms with van der Waals surface area (Å²) in [4.78, 5) is 32.3. The first-order valence-corrected chi connectivity index (χ1v) is 11.2. The quantitative estimate of drug-likeness (QED) is 0.695. The molecule has 2 aliphatic rings. The van der Waals surface area contributed by atoms with Crippen LogP contribution in [0.15, 0.2) is 48.5 Å². The SMILES string of the molecule is COc1cc(OC)cc(C(=O)N2CCCN(C3CCN(Cc4ccccc4)C3=O)CC2)c1. The second-order valence-corrected chi connectivity index (χ2v) is 8.33. The van der Waals surface area contributed by atoms with E-state index in [0.717, 1.165) is 31.5 Å². The highest BCUT2D eigenvalue weighted by Gasteiger charge is 2.36. The molecule has 2 heterocycles. The normalized spacial score (nSPS) is 19.7. The fourth-order valence-corrected chi connectivity index (χ4v) is 4.59. The molecule has 1 atom stereocenters. The first-order valence-electron chi connectivity index (χ1n) is 11.2. The highest BCUT2D eigenvalue weighted by atomic mass is 16.5. The summed E-state index contributed by atoms with van der Waals surface area (Å²) in [7, 11) is 3.15. The van der Waals surface area contributed by atoms with E-state index < -0.39 is 0 Å². The molecule has 0 saturated carbocycles. The molecule has 0 radical (unpaired) electrons. The Bertz CT molecular complexity index is 927. The van der Waals surface area contributed by atoms with Crippen LogP contribution < -0.4 is 9.47 Å². The van der Waals surface area contributed by atoms with Gasteiger partial charge in [0, 0.05) is 50.9 Å². The summed E-state index contributed by atoms with van der Waals surface area (Å²) in [6.45, 7) is 4.22. The van der Waals surface area contributed by atoms with Crippen molar-refractivity contribution in [2.24, 2.45) is 0 Å². The van der Waals surface area contributed by atoms with Crippen LogP contribution in [0.1, 0.15) is 28.8 Å². The Balaban J connectivity index is 1.38. The first kappa shape index (κ1) is 22.1. The minimum absolute atomic E-state index is 0.0347. The van der Waals surface area contributed by atoms with E-state index in [1.165, 1.54) is 0 Å². The number of benzene rings is 2. The summed E-state index contributed by atoms with van der Waals surface area (Å²) >= 11 is 0. The monoisotopic (exact) mass is 437 g/mol. The van der Waals surface area contributed by atoms with Crippen molar-refractivity contribution in [2.45, 2.75) is 25.4 Å². The van der Waals surface area contributed by atoms with Gasteiger partial charge in [-0.25, -0.2) is 0 Å². The van der Waals surface area contributed by atoms with Gasteiger partial charge in [0.15, 0.2) is 0 Å². The molecule has 7 heteroatoms. The molecule has 0 aromatic heterocycles. The van der Waals surface area contributed by atoms with Crippen LogP contribution in [0, 0.1) is 0 Å². The van der Waals surface area contributed by atoms with Crippen molar-refractivity contribution in [3.05, 3.63) is 59.7 Å². The van der Waals surface area contributed by atoms with Gasteiger partial charge in [-0.15, -0.1) is 0 Å². The number of amides is 2. The lowest BCUT2D eigenvalue weighted by molar-refractivity contribution is -0.132. The molecule has 2 aromatic rings. The van der Waals surface area contributed by atoms with Crippen molar-refractivity contribution < 1.29 is 19.1 Å². The number of methoxy groups -OCH3 is 2. The van der Waals surface area contributed by atoms with Crippen LogP contribution in [-0.4, -0.2) is 79.5 Å². The van der Waals surface area contributed by atoms with Crippen LogP contribution in [0.25, 0.3) is 0 Å². The van der Waals surface area contributed by atoms with Gasteiger partial charge in [0.2, 0.25) is 5.91 Å². The van der Waals surface area contributed by atoms with Crippen LogP contribution in [-0.2, 0) is 11.3 Å². The summed E-state index contributed by atoms with van der Waals surface area (Å²) in [6.07, 6.45) is 1.68. The van der Waals surface area contributed by atoms with E-state index in [2.05, 4.69) is 17.0 Å². The Morgan fingerprint density at radius 2 is 1.66 bits per heavy atom. The van der Waals surface area contributed by atoms with Gasteiger partial charge in [0.1, 0.15) is 11.5 Å². The summed E-state index contributed by atoms with van der Waals surface area (Å²) in [6, 6.07) is 15.3. The lowest BCUT2D eigenvalue weighted by Crippen LogP contribution is -2.44. The highest BCUT2D eigenvalue weighted by Crippen LogP contribution is 2.25. The molecule has 2 aromatic carbocycles. The first-order chi connectivity index (χ1) is 15.6. The number of likely N-dealkylation sites (tertiary alicyclic amines) is 1. The molecule has 0 N–H and O–H groups in total. The molecule has 0 bridgehead atoms. The van der Waals surface area contributed by atoms with Gasteiger partial charge in [-0.3, -0.25) is 14.5 Å². The number of hydrogen-bond donors (Lipinski definition) is 0. The van der Waals surface area contributed by atoms with Crippen molar-refractivity contribution in [3.63, 3.8) is 0 Å². The van der Waals surface area contributed by atoms with Crippen LogP contribution >= 0.6 is 0 Å². The zero-order chi connectivity index (χ0) is 22.5. The maximum absolute atomic E-state index is 13.2. The Labute approximate surface area is 189 Å². The average Bonchev–Trinajstić information content (AvgIpc) is 3.03. The molecule has 7 nitrogen and oxygen atoms in total. The van der Waals surface area contributed by atoms with Gasteiger partial charge in [-0.1, -0.05) is 30.3 Å². The van der Waals surface area contributed by atoms with Gasteiger partial charge in [0.25, 0.3) is 5.91 Å². The molecule has 32 heavy (non-hydrogen) atoms. The van der Waals surface area contributed by atoms with Crippen molar-refractivity contribution in [1.29, 1.82) is 0 Å². The highest BCUT2D eigenvalue weighted by molar-refractivity contribution is 5.95. The summed E-state index contributed by atoms with van der Waals surface area (Å²) in [5, 5.41) is 0. The van der Waals surface area contributed by atoms with Crippen molar-refractivity contribution in [3.8, 4) is 11.5 Å². The number of nitrogens with zero attached hydrogens (tertiary/aromatic N) is 3. The lowest BCUT2D eigenvalue weighted by Gasteiger charge is -2.27. The lowest BCUT2D eigenvalue weighted by atomic mass is 10.1. The summed E-state index contributed by atoms with van der Waals surface area (Å²) < 4.78 is 10.6. The van der Waals surface area contributed by atoms with Gasteiger partial charge in [0.05, 0.1) is 20.3 Å². The second-order valence-electron chi connectivity index (χ2n) is 8.33. The van der Waals surface area contributed by atoms with Crippen LogP contribution in [0.5, 0.6) is 11.5 Å². The third-order valence-corrected chi connectivity index (χ3v) is 6.34. The van der Waals surface area contributed by atoms with E-state index in [0.29, 0.717) is 43.2 Å². The molecule has 2 amide bonds. The van der Waals surface area contributed by atoms with Crippen molar-refractivity contribution in [2.75, 3.05) is 46.9 Å². The maximum Gasteiger partial charge on any atom is 0.254 e. The standard InChI is InChI=1S/C25H31N3O4/c1-31-21-15-20(16-22(17-21)32-2)24(29)27-11-6-10-26(13-14-27)23-9-12-28(25(23)30)18-19-7-4-3-5-8-19/h3-5,7-8,15-17,23H,6,9-14,18H2,1-2H3. The number of rotatable bonds is 6. The fourth-order valence-electron chi connectivity index (χ4n) is 4.59. The molecule has 0 aliphatic carbocycles. The number of hydrogen-bond acceptors (Lipinski definition) is 5. The van der Waals surface area contributed by atoms with Crippen LogP contribution in [0.3, 0.4) is 0 Å². The molecule has 170 valence electrons. The third-order valence-electron chi connectivity index (χ3n) is 6.34. The predicted octanol–water partition coefficient (Wildman–Crippen LogP) is 2.65. The zero-order valence-corrected chi connectivity index (χ0v) is 18.8. The molecule has 2 aliphatic heterocycles. The van der Waals surface area contributed by atoms with E-state index in [9.17, 15) is 9.59 Å². The number of carbonyl (C=O) groups excluding carboxylic acids is 2. The topological polar surface area (TPSA) is 62.3 Å². The third kappa shape index (κ3) is 4.88. The molecule has 0 spiro atoms. The van der Waals surface area contributed by atoms with Crippen molar-refractivity contribution >= 4 is 11.8 Å². The molecule has 2 saturated heterocycles. The summed E-state index contributed by atoms with van der Waals surface area (Å²) in [5.74, 6) is 1.36. The van der Waals surface area contributed by atoms with E-state index in [1.807, 2.05) is 28.0 Å². The van der Waals surface area contributed by atoms with E-state index in [-0.39, 0.29) is 17.9 Å². The average molecular weight is 438 g/mol. The smallest absolute Gasteiger partial charge is 0.254 e. The van der Waals surface area contributed by atoms with Gasteiger partial charge in [-0.2, -0.15) is 0 Å². The maximum atomic E-state index is 13.2. The Hall–Kier alpha value is -3.06. The molecule has 4 rings (SSSR count). The van der Waals surface area contributed by atoms with Crippen LogP contribution in [0.4, 0.5) is 0 Å². The van der Waals surface area contributed by atoms with Gasteiger partial charge in [-0.05, 0) is 30.5 Å². The van der Waals surface area contributed by atoms with E-state index >= 15 is 0 Å². The van der Waals surface area contributed by atoms with Crippen molar-refractivity contribution in [1.82, 2.24) is 14.7 Å². The predicted molar refractivity (Wildman–Crippen MR) is 122 cm³/mol. The fraction of sp³-hybridized carbons (Fsp3) is 0.440. The minimum Gasteiger partial charge on any atom is -0.497 e. The van der Waals surface area contributed by atoms with E-state index in [4.69, 9.17) is 9.47 Å². The number of ether oxygens (including phenoxy) is 2. The van der Waals surface area contributed by atoms with Gasteiger partial charge < -0.3 is 19.3 Å². The van der Waals surface area contributed by atoms with E-state index in [1.54, 1.807) is 32.4 Å². The summed E-state index contributed by atoms with van der Waals surface area (Å²) in [5.41, 5.74) is 1.71. The molecular weight excluding hydrogens is 406 g/mol. The minimum atomic E-state index is -0.0920. The molecule has 1 unspecified atom stereocenters. The number of carbonyl (C=O) groups is 2.